The highest BCUT2D eigenvalue weighted by Crippen LogP contribution is 2.02. The van der Waals surface area contributed by atoms with Crippen LogP contribution in [0.3, 0.4) is 0 Å². The summed E-state index contributed by atoms with van der Waals surface area (Å²) in [6.45, 7) is 0. The highest BCUT2D eigenvalue weighted by molar-refractivity contribution is 5.50. The lowest BCUT2D eigenvalue weighted by atomic mass is 10.1. The number of rotatable bonds is 4. The summed E-state index contributed by atoms with van der Waals surface area (Å²) >= 11 is 0. The first-order valence-electron chi connectivity index (χ1n) is 5.87. The molecule has 0 aliphatic heterocycles. The zero-order chi connectivity index (χ0) is 11.8. The van der Waals surface area contributed by atoms with Crippen molar-refractivity contribution in [2.75, 3.05) is 0 Å². The largest absolute Gasteiger partial charge is 0.0801 e. The van der Waals surface area contributed by atoms with Crippen molar-refractivity contribution >= 4 is 6.08 Å². The number of benzene rings is 2. The van der Waals surface area contributed by atoms with Gasteiger partial charge in [-0.2, -0.15) is 0 Å². The Kier molecular flexibility index (Phi) is 4.36. The third-order valence-corrected chi connectivity index (χ3v) is 2.53. The van der Waals surface area contributed by atoms with Crippen LogP contribution in [0.4, 0.5) is 0 Å². The summed E-state index contributed by atoms with van der Waals surface area (Å²) in [5, 5.41) is 0. The molecule has 0 heteroatoms. The highest BCUT2D eigenvalue weighted by atomic mass is 13.9. The van der Waals surface area contributed by atoms with E-state index in [1.54, 1.807) is 0 Å². The van der Waals surface area contributed by atoms with Crippen LogP contribution in [0.15, 0.2) is 78.9 Å². The van der Waals surface area contributed by atoms with E-state index >= 15 is 0 Å². The molecule has 2 aromatic carbocycles. The molecule has 0 heterocycles. The van der Waals surface area contributed by atoms with Gasteiger partial charge in [0.1, 0.15) is 0 Å². The first-order chi connectivity index (χ1) is 8.45. The molecule has 2 rings (SSSR count). The minimum Gasteiger partial charge on any atom is -0.0801 e. The zero-order valence-corrected chi connectivity index (χ0v) is 9.79. The van der Waals surface area contributed by atoms with Gasteiger partial charge in [0.15, 0.2) is 0 Å². The van der Waals surface area contributed by atoms with Crippen LogP contribution in [0.5, 0.6) is 0 Å². The van der Waals surface area contributed by atoms with Crippen LogP contribution in [0.25, 0.3) is 6.08 Å². The van der Waals surface area contributed by atoms with Crippen LogP contribution < -0.4 is 0 Å². The molecule has 0 spiro atoms. The molecule has 0 aliphatic rings. The minimum atomic E-state index is 0.986. The number of hydrogen-bond donors (Lipinski definition) is 0. The summed E-state index contributed by atoms with van der Waals surface area (Å²) < 4.78 is 0. The lowest BCUT2D eigenvalue weighted by Gasteiger charge is -1.93. The first kappa shape index (κ1) is 11.4. The Balaban J connectivity index is 1.85. The third-order valence-electron chi connectivity index (χ3n) is 2.53. The molecule has 84 valence electrons. The molecular weight excluding hydrogens is 204 g/mol. The maximum absolute atomic E-state index is 2.18. The van der Waals surface area contributed by atoms with E-state index < -0.39 is 0 Å². The number of hydrogen-bond acceptors (Lipinski definition) is 0. The lowest BCUT2D eigenvalue weighted by molar-refractivity contribution is 1.27. The van der Waals surface area contributed by atoms with Crippen molar-refractivity contribution in [2.24, 2.45) is 0 Å². The molecule has 0 radical (unpaired) electrons. The molecular formula is C17H16. The van der Waals surface area contributed by atoms with Crippen LogP contribution in [-0.2, 0) is 6.42 Å². The monoisotopic (exact) mass is 220 g/mol. The molecule has 17 heavy (non-hydrogen) atoms. The van der Waals surface area contributed by atoms with Crippen molar-refractivity contribution < 1.29 is 0 Å². The van der Waals surface area contributed by atoms with E-state index in [4.69, 9.17) is 0 Å². The molecule has 0 amide bonds. The van der Waals surface area contributed by atoms with Crippen LogP contribution >= 0.6 is 0 Å². The summed E-state index contributed by atoms with van der Waals surface area (Å²) in [6, 6.07) is 20.8. The Hall–Kier alpha value is -2.08. The summed E-state index contributed by atoms with van der Waals surface area (Å²) in [5.74, 6) is 0. The van der Waals surface area contributed by atoms with Gasteiger partial charge in [-0.05, 0) is 17.5 Å². The fourth-order valence-electron chi connectivity index (χ4n) is 1.63. The molecule has 0 aliphatic carbocycles. The molecule has 2 aromatic rings. The molecule has 0 N–H and O–H groups in total. The standard InChI is InChI=1S/C17H16/c1-4-10-16(11-5-1)14-8-3-9-15-17-12-6-2-7-13-17/h1-14H,15H2/b9-3-,14-8-. The smallest absolute Gasteiger partial charge is 0.00943 e. The van der Waals surface area contributed by atoms with Gasteiger partial charge in [0.05, 0.1) is 0 Å². The van der Waals surface area contributed by atoms with E-state index in [-0.39, 0.29) is 0 Å². The Morgan fingerprint density at radius 3 is 2.06 bits per heavy atom. The van der Waals surface area contributed by atoms with Crippen LogP contribution in [0, 0.1) is 0 Å². The Morgan fingerprint density at radius 1 is 0.706 bits per heavy atom. The van der Waals surface area contributed by atoms with Crippen LogP contribution in [0.2, 0.25) is 0 Å². The Bertz CT molecular complexity index is 478. The molecule has 0 bridgehead atoms. The average Bonchev–Trinajstić information content (AvgIpc) is 2.41. The number of allylic oxidation sites excluding steroid dienone is 3. The molecule has 0 atom stereocenters. The fraction of sp³-hybridized carbons (Fsp3) is 0.0588. The molecule has 0 aromatic heterocycles. The molecule has 0 nitrogen and oxygen atoms in total. The second-order valence-corrected chi connectivity index (χ2v) is 3.89. The van der Waals surface area contributed by atoms with E-state index in [1.165, 1.54) is 11.1 Å². The Labute approximate surface area is 103 Å². The molecule has 0 fully saturated rings. The predicted octanol–water partition coefficient (Wildman–Crippen LogP) is 4.50. The summed E-state index contributed by atoms with van der Waals surface area (Å²) in [6.07, 6.45) is 9.45. The molecule has 0 saturated heterocycles. The van der Waals surface area contributed by atoms with Gasteiger partial charge in [0.2, 0.25) is 0 Å². The second-order valence-electron chi connectivity index (χ2n) is 3.89. The van der Waals surface area contributed by atoms with Gasteiger partial charge in [-0.1, -0.05) is 85.0 Å². The van der Waals surface area contributed by atoms with Gasteiger partial charge in [-0.3, -0.25) is 0 Å². The first-order valence-corrected chi connectivity index (χ1v) is 5.87. The van der Waals surface area contributed by atoms with E-state index in [9.17, 15) is 0 Å². The second kappa shape index (κ2) is 6.49. The summed E-state index contributed by atoms with van der Waals surface area (Å²) in [4.78, 5) is 0. The summed E-state index contributed by atoms with van der Waals surface area (Å²) in [5.41, 5.74) is 2.58. The van der Waals surface area contributed by atoms with Gasteiger partial charge in [0, 0.05) is 0 Å². The van der Waals surface area contributed by atoms with Gasteiger partial charge < -0.3 is 0 Å². The van der Waals surface area contributed by atoms with E-state index in [2.05, 4.69) is 60.7 Å². The lowest BCUT2D eigenvalue weighted by Crippen LogP contribution is -1.77. The predicted molar refractivity (Wildman–Crippen MR) is 74.8 cm³/mol. The fourth-order valence-corrected chi connectivity index (χ4v) is 1.63. The SMILES string of the molecule is C(/C=C\c1ccccc1)=C/Cc1ccccc1. The maximum Gasteiger partial charge on any atom is -0.00943 e. The van der Waals surface area contributed by atoms with Gasteiger partial charge in [-0.25, -0.2) is 0 Å². The maximum atomic E-state index is 2.18. The van der Waals surface area contributed by atoms with Crippen molar-refractivity contribution in [2.45, 2.75) is 6.42 Å². The topological polar surface area (TPSA) is 0 Å². The quantitative estimate of drug-likeness (QED) is 0.665. The third kappa shape index (κ3) is 4.12. The van der Waals surface area contributed by atoms with Crippen molar-refractivity contribution in [1.82, 2.24) is 0 Å². The van der Waals surface area contributed by atoms with Crippen molar-refractivity contribution in [3.63, 3.8) is 0 Å². The summed E-state index contributed by atoms with van der Waals surface area (Å²) in [7, 11) is 0. The van der Waals surface area contributed by atoms with Gasteiger partial charge in [-0.15, -0.1) is 0 Å². The van der Waals surface area contributed by atoms with Crippen LogP contribution in [0.1, 0.15) is 11.1 Å². The minimum absolute atomic E-state index is 0.986. The van der Waals surface area contributed by atoms with Gasteiger partial charge >= 0.3 is 0 Å². The van der Waals surface area contributed by atoms with Crippen molar-refractivity contribution in [3.05, 3.63) is 90.0 Å². The average molecular weight is 220 g/mol. The van der Waals surface area contributed by atoms with Gasteiger partial charge in [0.25, 0.3) is 0 Å². The normalized spacial score (nSPS) is 11.3. The zero-order valence-electron chi connectivity index (χ0n) is 9.79. The highest BCUT2D eigenvalue weighted by Gasteiger charge is 1.84. The molecule has 0 saturated carbocycles. The van der Waals surface area contributed by atoms with E-state index in [1.807, 2.05) is 24.3 Å². The van der Waals surface area contributed by atoms with Crippen molar-refractivity contribution in [1.29, 1.82) is 0 Å². The van der Waals surface area contributed by atoms with Crippen LogP contribution in [-0.4, -0.2) is 0 Å². The molecule has 0 unspecified atom stereocenters. The Morgan fingerprint density at radius 2 is 1.35 bits per heavy atom. The van der Waals surface area contributed by atoms with Crippen molar-refractivity contribution in [3.8, 4) is 0 Å². The van der Waals surface area contributed by atoms with E-state index in [0.717, 1.165) is 6.42 Å². The van der Waals surface area contributed by atoms with E-state index in [0.29, 0.717) is 0 Å².